The van der Waals surface area contributed by atoms with Gasteiger partial charge in [0.15, 0.2) is 12.2 Å². The number of rotatable bonds is 3. The van der Waals surface area contributed by atoms with Gasteiger partial charge in [-0.05, 0) is 18.2 Å². The molecule has 1 atom stereocenters. The Kier molecular flexibility index (Phi) is 3.73. The van der Waals surface area contributed by atoms with Gasteiger partial charge in [0, 0.05) is 30.0 Å². The standard InChI is InChI=1S/C19H15ClN2O3/c1-12(23)22-19(9-13-4-2-3-5-17(13)25-19)14-6-7-15(16(20)8-14)18-10-21-11-24-18/h2-8,10-11H,9H2,1H3,(H,22,23). The summed E-state index contributed by atoms with van der Waals surface area (Å²) in [5.74, 6) is 1.16. The van der Waals surface area contributed by atoms with Gasteiger partial charge in [-0.2, -0.15) is 0 Å². The van der Waals surface area contributed by atoms with Crippen LogP contribution in [0.2, 0.25) is 5.02 Å². The number of carbonyl (C=O) groups excluding carboxylic acids is 1. The minimum Gasteiger partial charge on any atom is -0.463 e. The zero-order valence-corrected chi connectivity index (χ0v) is 14.2. The maximum Gasteiger partial charge on any atom is 0.220 e. The Labute approximate surface area is 149 Å². The van der Waals surface area contributed by atoms with Gasteiger partial charge in [-0.3, -0.25) is 4.79 Å². The number of benzene rings is 2. The van der Waals surface area contributed by atoms with Crippen molar-refractivity contribution in [2.24, 2.45) is 0 Å². The number of para-hydroxylation sites is 1. The average Bonchev–Trinajstić information content (AvgIpc) is 3.21. The number of hydrogen-bond acceptors (Lipinski definition) is 4. The maximum absolute atomic E-state index is 11.8. The number of hydrogen-bond donors (Lipinski definition) is 1. The van der Waals surface area contributed by atoms with Crippen molar-refractivity contribution >= 4 is 17.5 Å². The SMILES string of the molecule is CC(=O)NC1(c2ccc(-c3cnco3)c(Cl)c2)Cc2ccccc2O1. The predicted octanol–water partition coefficient (Wildman–Crippen LogP) is 3.92. The van der Waals surface area contributed by atoms with Crippen LogP contribution in [0.25, 0.3) is 11.3 Å². The van der Waals surface area contributed by atoms with Gasteiger partial charge in [0.1, 0.15) is 5.75 Å². The average molecular weight is 355 g/mol. The van der Waals surface area contributed by atoms with Crippen LogP contribution in [0.5, 0.6) is 5.75 Å². The predicted molar refractivity (Wildman–Crippen MR) is 93.2 cm³/mol. The maximum atomic E-state index is 11.8. The van der Waals surface area contributed by atoms with Crippen molar-refractivity contribution in [2.75, 3.05) is 0 Å². The Balaban J connectivity index is 1.77. The van der Waals surface area contributed by atoms with E-state index in [0.29, 0.717) is 17.2 Å². The molecule has 0 aliphatic carbocycles. The molecular weight excluding hydrogens is 340 g/mol. The molecule has 2 heterocycles. The van der Waals surface area contributed by atoms with E-state index in [1.54, 1.807) is 12.3 Å². The molecule has 0 saturated carbocycles. The summed E-state index contributed by atoms with van der Waals surface area (Å²) in [4.78, 5) is 15.7. The van der Waals surface area contributed by atoms with Crippen LogP contribution >= 0.6 is 11.6 Å². The monoisotopic (exact) mass is 354 g/mol. The van der Waals surface area contributed by atoms with E-state index in [1.807, 2.05) is 36.4 Å². The topological polar surface area (TPSA) is 64.4 Å². The van der Waals surface area contributed by atoms with Gasteiger partial charge >= 0.3 is 0 Å². The first-order valence-electron chi connectivity index (χ1n) is 7.82. The summed E-state index contributed by atoms with van der Waals surface area (Å²) in [6.45, 7) is 1.47. The van der Waals surface area contributed by atoms with E-state index in [1.165, 1.54) is 13.3 Å². The quantitative estimate of drug-likeness (QED) is 0.774. The molecule has 1 amide bonds. The lowest BCUT2D eigenvalue weighted by Gasteiger charge is -2.30. The fourth-order valence-corrected chi connectivity index (χ4v) is 3.42. The third-order valence-corrected chi connectivity index (χ3v) is 4.52. The van der Waals surface area contributed by atoms with E-state index >= 15 is 0 Å². The number of nitrogens with zero attached hydrogens (tertiary/aromatic N) is 1. The molecule has 1 unspecified atom stereocenters. The van der Waals surface area contributed by atoms with E-state index in [-0.39, 0.29) is 5.91 Å². The Morgan fingerprint density at radius 1 is 1.28 bits per heavy atom. The number of aromatic nitrogens is 1. The third kappa shape index (κ3) is 2.76. The minimum absolute atomic E-state index is 0.178. The van der Waals surface area contributed by atoms with Crippen LogP contribution in [-0.2, 0) is 16.9 Å². The van der Waals surface area contributed by atoms with Crippen molar-refractivity contribution in [1.82, 2.24) is 10.3 Å². The highest BCUT2D eigenvalue weighted by Gasteiger charge is 2.42. The highest BCUT2D eigenvalue weighted by molar-refractivity contribution is 6.33. The van der Waals surface area contributed by atoms with Crippen molar-refractivity contribution in [3.8, 4) is 17.1 Å². The summed E-state index contributed by atoms with van der Waals surface area (Å²) < 4.78 is 11.5. The first-order valence-corrected chi connectivity index (χ1v) is 8.20. The van der Waals surface area contributed by atoms with Crippen LogP contribution in [0.1, 0.15) is 18.1 Å². The number of nitrogens with one attached hydrogen (secondary N) is 1. The van der Waals surface area contributed by atoms with E-state index in [9.17, 15) is 4.79 Å². The molecular formula is C19H15ClN2O3. The first-order chi connectivity index (χ1) is 12.1. The van der Waals surface area contributed by atoms with Gasteiger partial charge < -0.3 is 14.5 Å². The molecule has 0 saturated heterocycles. The van der Waals surface area contributed by atoms with Crippen LogP contribution < -0.4 is 10.1 Å². The Morgan fingerprint density at radius 2 is 2.12 bits per heavy atom. The molecule has 25 heavy (non-hydrogen) atoms. The summed E-state index contributed by atoms with van der Waals surface area (Å²) in [5.41, 5.74) is 1.56. The molecule has 0 spiro atoms. The molecule has 5 nitrogen and oxygen atoms in total. The second kappa shape index (κ2) is 5.93. The van der Waals surface area contributed by atoms with Gasteiger partial charge in [-0.25, -0.2) is 4.98 Å². The van der Waals surface area contributed by atoms with Crippen LogP contribution in [-0.4, -0.2) is 10.9 Å². The molecule has 1 aromatic heterocycles. The van der Waals surface area contributed by atoms with Gasteiger partial charge in [0.05, 0.1) is 11.2 Å². The zero-order chi connectivity index (χ0) is 17.4. The van der Waals surface area contributed by atoms with Gasteiger partial charge in [0.2, 0.25) is 11.6 Å². The number of ether oxygens (including phenoxy) is 1. The largest absolute Gasteiger partial charge is 0.463 e. The number of halogens is 1. The number of amides is 1. The van der Waals surface area contributed by atoms with Crippen molar-refractivity contribution < 1.29 is 13.9 Å². The second-order valence-electron chi connectivity index (χ2n) is 5.96. The Morgan fingerprint density at radius 3 is 2.80 bits per heavy atom. The van der Waals surface area contributed by atoms with Crippen molar-refractivity contribution in [3.63, 3.8) is 0 Å². The molecule has 1 aliphatic heterocycles. The smallest absolute Gasteiger partial charge is 0.220 e. The molecule has 4 rings (SSSR count). The summed E-state index contributed by atoms with van der Waals surface area (Å²) >= 11 is 6.45. The van der Waals surface area contributed by atoms with Gasteiger partial charge in [0.25, 0.3) is 0 Å². The highest BCUT2D eigenvalue weighted by Crippen LogP contribution is 2.41. The zero-order valence-electron chi connectivity index (χ0n) is 13.5. The van der Waals surface area contributed by atoms with Crippen molar-refractivity contribution in [3.05, 3.63) is 71.2 Å². The molecule has 3 aromatic rings. The molecule has 126 valence electrons. The first kappa shape index (κ1) is 15.7. The minimum atomic E-state index is -0.973. The molecule has 0 fully saturated rings. The Bertz CT molecular complexity index is 913. The molecule has 0 radical (unpaired) electrons. The summed E-state index contributed by atoms with van der Waals surface area (Å²) in [7, 11) is 0. The van der Waals surface area contributed by atoms with Gasteiger partial charge in [-0.15, -0.1) is 0 Å². The molecule has 2 aromatic carbocycles. The lowest BCUT2D eigenvalue weighted by molar-refractivity contribution is -0.124. The van der Waals surface area contributed by atoms with E-state index in [2.05, 4.69) is 10.3 Å². The van der Waals surface area contributed by atoms with Gasteiger partial charge in [-0.1, -0.05) is 35.9 Å². The summed E-state index contributed by atoms with van der Waals surface area (Å²) in [5, 5.41) is 3.44. The highest BCUT2D eigenvalue weighted by atomic mass is 35.5. The van der Waals surface area contributed by atoms with E-state index in [4.69, 9.17) is 20.8 Å². The van der Waals surface area contributed by atoms with Crippen molar-refractivity contribution in [2.45, 2.75) is 19.1 Å². The molecule has 6 heteroatoms. The number of oxazole rings is 1. The number of fused-ring (bicyclic) bond motifs is 1. The van der Waals surface area contributed by atoms with Crippen LogP contribution in [0.3, 0.4) is 0 Å². The fourth-order valence-electron chi connectivity index (χ4n) is 3.14. The molecule has 1 N–H and O–H groups in total. The van der Waals surface area contributed by atoms with E-state index in [0.717, 1.165) is 22.4 Å². The van der Waals surface area contributed by atoms with E-state index < -0.39 is 5.72 Å². The van der Waals surface area contributed by atoms with Crippen molar-refractivity contribution in [1.29, 1.82) is 0 Å². The lowest BCUT2D eigenvalue weighted by atomic mass is 9.95. The summed E-state index contributed by atoms with van der Waals surface area (Å²) in [6, 6.07) is 13.3. The summed E-state index contributed by atoms with van der Waals surface area (Å²) in [6.07, 6.45) is 3.49. The second-order valence-corrected chi connectivity index (χ2v) is 6.36. The molecule has 1 aliphatic rings. The Hall–Kier alpha value is -2.79. The lowest BCUT2D eigenvalue weighted by Crippen LogP contribution is -2.48. The molecule has 0 bridgehead atoms. The van der Waals surface area contributed by atoms with Crippen LogP contribution in [0.4, 0.5) is 0 Å². The number of carbonyl (C=O) groups is 1. The normalized spacial score (nSPS) is 18.5. The van der Waals surface area contributed by atoms with Crippen LogP contribution in [0, 0.1) is 0 Å². The third-order valence-electron chi connectivity index (χ3n) is 4.21. The fraction of sp³-hybridized carbons (Fsp3) is 0.158. The van der Waals surface area contributed by atoms with Crippen LogP contribution in [0.15, 0.2) is 59.5 Å².